The molecule has 1 fully saturated rings. The Morgan fingerprint density at radius 3 is 2.69 bits per heavy atom. The van der Waals surface area contributed by atoms with Crippen molar-refractivity contribution in [3.63, 3.8) is 0 Å². The zero-order valence-electron chi connectivity index (χ0n) is 11.1. The molecular formula is C14H29NO. The number of ether oxygens (including phenoxy) is 1. The monoisotopic (exact) mass is 227 g/mol. The van der Waals surface area contributed by atoms with Crippen LogP contribution < -0.4 is 5.32 Å². The summed E-state index contributed by atoms with van der Waals surface area (Å²) in [5.74, 6) is 0.916. The van der Waals surface area contributed by atoms with E-state index in [1.165, 1.54) is 51.4 Å². The maximum atomic E-state index is 5.11. The van der Waals surface area contributed by atoms with Gasteiger partial charge in [0, 0.05) is 19.8 Å². The minimum Gasteiger partial charge on any atom is -0.385 e. The normalized spacial score (nSPS) is 26.6. The van der Waals surface area contributed by atoms with Crippen molar-refractivity contribution in [1.29, 1.82) is 0 Å². The Hall–Kier alpha value is -0.0800. The van der Waals surface area contributed by atoms with Gasteiger partial charge in [-0.3, -0.25) is 0 Å². The topological polar surface area (TPSA) is 21.3 Å². The Bertz CT molecular complexity index is 161. The van der Waals surface area contributed by atoms with Crippen molar-refractivity contribution in [2.45, 2.75) is 64.3 Å². The van der Waals surface area contributed by atoms with Crippen molar-refractivity contribution in [1.82, 2.24) is 5.32 Å². The van der Waals surface area contributed by atoms with Crippen LogP contribution in [-0.2, 0) is 4.74 Å². The van der Waals surface area contributed by atoms with Crippen LogP contribution in [0.25, 0.3) is 0 Å². The highest BCUT2D eigenvalue weighted by atomic mass is 16.5. The molecule has 1 aliphatic rings. The molecule has 1 N–H and O–H groups in total. The molecule has 16 heavy (non-hydrogen) atoms. The second-order valence-corrected chi connectivity index (χ2v) is 5.05. The molecule has 2 heteroatoms. The van der Waals surface area contributed by atoms with Crippen molar-refractivity contribution in [2.24, 2.45) is 5.92 Å². The molecule has 0 saturated heterocycles. The average Bonchev–Trinajstić information content (AvgIpc) is 2.51. The highest BCUT2D eigenvalue weighted by molar-refractivity contribution is 4.79. The van der Waals surface area contributed by atoms with Crippen LogP contribution in [0.3, 0.4) is 0 Å². The van der Waals surface area contributed by atoms with Gasteiger partial charge in [0.2, 0.25) is 0 Å². The van der Waals surface area contributed by atoms with Crippen molar-refractivity contribution in [2.75, 3.05) is 20.3 Å². The second-order valence-electron chi connectivity index (χ2n) is 5.05. The Kier molecular flexibility index (Phi) is 7.87. The molecule has 0 amide bonds. The van der Waals surface area contributed by atoms with Crippen LogP contribution in [0.4, 0.5) is 0 Å². The van der Waals surface area contributed by atoms with E-state index in [9.17, 15) is 0 Å². The van der Waals surface area contributed by atoms with Gasteiger partial charge in [-0.2, -0.15) is 0 Å². The van der Waals surface area contributed by atoms with Crippen LogP contribution >= 0.6 is 0 Å². The smallest absolute Gasteiger partial charge is 0.0462 e. The van der Waals surface area contributed by atoms with Gasteiger partial charge in [0.1, 0.15) is 0 Å². The molecule has 0 aliphatic heterocycles. The van der Waals surface area contributed by atoms with E-state index in [0.29, 0.717) is 0 Å². The highest BCUT2D eigenvalue weighted by Crippen LogP contribution is 2.27. The van der Waals surface area contributed by atoms with Crippen LogP contribution in [0, 0.1) is 5.92 Å². The van der Waals surface area contributed by atoms with Gasteiger partial charge in [0.05, 0.1) is 0 Å². The van der Waals surface area contributed by atoms with Crippen molar-refractivity contribution in [3.05, 3.63) is 0 Å². The summed E-state index contributed by atoms with van der Waals surface area (Å²) in [6, 6.07) is 0.787. The summed E-state index contributed by atoms with van der Waals surface area (Å²) in [6.07, 6.45) is 11.1. The van der Waals surface area contributed by atoms with E-state index < -0.39 is 0 Å². The molecule has 0 bridgehead atoms. The summed E-state index contributed by atoms with van der Waals surface area (Å²) in [5, 5.41) is 3.68. The molecule has 0 radical (unpaired) electrons. The van der Waals surface area contributed by atoms with Crippen molar-refractivity contribution in [3.8, 4) is 0 Å². The van der Waals surface area contributed by atoms with Gasteiger partial charge in [-0.05, 0) is 38.1 Å². The summed E-state index contributed by atoms with van der Waals surface area (Å²) >= 11 is 0. The molecule has 2 unspecified atom stereocenters. The van der Waals surface area contributed by atoms with Gasteiger partial charge in [0.15, 0.2) is 0 Å². The summed E-state index contributed by atoms with van der Waals surface area (Å²) in [6.45, 7) is 4.28. The van der Waals surface area contributed by atoms with Gasteiger partial charge < -0.3 is 10.1 Å². The van der Waals surface area contributed by atoms with Crippen LogP contribution in [0.15, 0.2) is 0 Å². The Morgan fingerprint density at radius 2 is 1.94 bits per heavy atom. The molecule has 0 aromatic heterocycles. The van der Waals surface area contributed by atoms with Gasteiger partial charge in [-0.25, -0.2) is 0 Å². The minimum atomic E-state index is 0.787. The fourth-order valence-corrected chi connectivity index (χ4v) is 2.91. The molecule has 96 valence electrons. The van der Waals surface area contributed by atoms with Gasteiger partial charge in [-0.1, -0.05) is 32.6 Å². The SMILES string of the molecule is CCNC1CCCCCC1CCCCOC. The third-order valence-corrected chi connectivity index (χ3v) is 3.80. The van der Waals surface area contributed by atoms with E-state index in [1.54, 1.807) is 7.11 Å². The Labute approximate surface area is 101 Å². The Balaban J connectivity index is 2.26. The lowest BCUT2D eigenvalue weighted by atomic mass is 9.89. The molecule has 1 saturated carbocycles. The summed E-state index contributed by atoms with van der Waals surface area (Å²) < 4.78 is 5.11. The number of rotatable bonds is 7. The molecule has 1 rings (SSSR count). The quantitative estimate of drug-likeness (QED) is 0.532. The standard InChI is InChI=1S/C14H29NO/c1-3-15-14-11-6-4-5-9-13(14)10-7-8-12-16-2/h13-15H,3-12H2,1-2H3. The maximum absolute atomic E-state index is 5.11. The third-order valence-electron chi connectivity index (χ3n) is 3.80. The Morgan fingerprint density at radius 1 is 1.12 bits per heavy atom. The van der Waals surface area contributed by atoms with Crippen LogP contribution in [0.2, 0.25) is 0 Å². The van der Waals surface area contributed by atoms with E-state index in [1.807, 2.05) is 0 Å². The van der Waals surface area contributed by atoms with Crippen molar-refractivity contribution >= 4 is 0 Å². The van der Waals surface area contributed by atoms with E-state index in [-0.39, 0.29) is 0 Å². The number of hydrogen-bond acceptors (Lipinski definition) is 2. The average molecular weight is 227 g/mol. The van der Waals surface area contributed by atoms with Gasteiger partial charge in [0.25, 0.3) is 0 Å². The largest absolute Gasteiger partial charge is 0.385 e. The molecule has 2 nitrogen and oxygen atoms in total. The number of nitrogens with one attached hydrogen (secondary N) is 1. The molecule has 0 spiro atoms. The van der Waals surface area contributed by atoms with E-state index >= 15 is 0 Å². The second kappa shape index (κ2) is 9.00. The molecule has 1 aliphatic carbocycles. The summed E-state index contributed by atoms with van der Waals surface area (Å²) in [7, 11) is 1.80. The molecule has 0 heterocycles. The third kappa shape index (κ3) is 5.31. The number of hydrogen-bond donors (Lipinski definition) is 1. The summed E-state index contributed by atoms with van der Waals surface area (Å²) in [5.41, 5.74) is 0. The lowest BCUT2D eigenvalue weighted by Crippen LogP contribution is -2.35. The van der Waals surface area contributed by atoms with Crippen LogP contribution in [0.1, 0.15) is 58.3 Å². The van der Waals surface area contributed by atoms with Crippen LogP contribution in [-0.4, -0.2) is 26.3 Å². The van der Waals surface area contributed by atoms with Gasteiger partial charge >= 0.3 is 0 Å². The van der Waals surface area contributed by atoms with E-state index in [0.717, 1.165) is 25.1 Å². The lowest BCUT2D eigenvalue weighted by molar-refractivity contribution is 0.187. The predicted molar refractivity (Wildman–Crippen MR) is 69.8 cm³/mol. The zero-order valence-corrected chi connectivity index (χ0v) is 11.1. The maximum Gasteiger partial charge on any atom is 0.0462 e. The molecule has 0 aromatic carbocycles. The van der Waals surface area contributed by atoms with E-state index in [4.69, 9.17) is 4.74 Å². The molecule has 0 aromatic rings. The lowest BCUT2D eigenvalue weighted by Gasteiger charge is -2.25. The number of methoxy groups -OCH3 is 1. The first-order valence-electron chi connectivity index (χ1n) is 7.10. The summed E-state index contributed by atoms with van der Waals surface area (Å²) in [4.78, 5) is 0. The fraction of sp³-hybridized carbons (Fsp3) is 1.00. The first-order chi connectivity index (χ1) is 7.88. The fourth-order valence-electron chi connectivity index (χ4n) is 2.91. The predicted octanol–water partition coefficient (Wildman–Crippen LogP) is 3.36. The van der Waals surface area contributed by atoms with Gasteiger partial charge in [-0.15, -0.1) is 0 Å². The zero-order chi connectivity index (χ0) is 11.6. The molecule has 2 atom stereocenters. The molecular weight excluding hydrogens is 198 g/mol. The van der Waals surface area contributed by atoms with Crippen molar-refractivity contribution < 1.29 is 4.74 Å². The van der Waals surface area contributed by atoms with Crippen LogP contribution in [0.5, 0.6) is 0 Å². The minimum absolute atomic E-state index is 0.787. The first-order valence-corrected chi connectivity index (χ1v) is 7.10. The highest BCUT2D eigenvalue weighted by Gasteiger charge is 2.22. The van der Waals surface area contributed by atoms with E-state index in [2.05, 4.69) is 12.2 Å². The number of unbranched alkanes of at least 4 members (excludes halogenated alkanes) is 1. The first kappa shape index (κ1) is 14.0.